The molecule has 0 unspecified atom stereocenters. The minimum atomic E-state index is -0.0580. The molecule has 1 aromatic carbocycles. The summed E-state index contributed by atoms with van der Waals surface area (Å²) in [7, 11) is 1.93. The number of thioether (sulfide) groups is 1. The van der Waals surface area contributed by atoms with Crippen LogP contribution < -0.4 is 4.90 Å². The topological polar surface area (TPSA) is 23.6 Å². The molecule has 3 nitrogen and oxygen atoms in total. The highest BCUT2D eigenvalue weighted by molar-refractivity contribution is 8.27. The third-order valence-corrected chi connectivity index (χ3v) is 4.69. The summed E-state index contributed by atoms with van der Waals surface area (Å²) >= 11 is 6.75. The number of nitrogens with zero attached hydrogens (tertiary/aromatic N) is 2. The maximum absolute atomic E-state index is 12.7. The molecule has 2 aliphatic rings. The number of benzene rings is 1. The number of carbonyl (C=O) groups is 1. The van der Waals surface area contributed by atoms with E-state index in [0.717, 1.165) is 16.9 Å². The smallest absolute Gasteiger partial charge is 0.272 e. The first-order chi connectivity index (χ1) is 10.1. The van der Waals surface area contributed by atoms with Crippen LogP contribution in [0.4, 0.5) is 5.69 Å². The lowest BCUT2D eigenvalue weighted by molar-refractivity contribution is -0.113. The first kappa shape index (κ1) is 14.1. The van der Waals surface area contributed by atoms with Gasteiger partial charge in [0, 0.05) is 13.2 Å². The van der Waals surface area contributed by atoms with Gasteiger partial charge in [-0.1, -0.05) is 42.2 Å². The maximum Gasteiger partial charge on any atom is 0.272 e. The highest BCUT2D eigenvalue weighted by atomic mass is 32.2. The Balaban J connectivity index is 2.02. The summed E-state index contributed by atoms with van der Waals surface area (Å²) in [4.78, 5) is 17.0. The Hall–Kier alpha value is -1.85. The van der Waals surface area contributed by atoms with E-state index in [1.165, 1.54) is 11.8 Å². The Kier molecular flexibility index (Phi) is 3.69. The molecular weight excluding hydrogens is 300 g/mol. The van der Waals surface area contributed by atoms with Crippen molar-refractivity contribution in [1.82, 2.24) is 4.90 Å². The Morgan fingerprint density at radius 2 is 2.05 bits per heavy atom. The molecule has 3 rings (SSSR count). The first-order valence-corrected chi connectivity index (χ1v) is 7.75. The van der Waals surface area contributed by atoms with E-state index in [0.29, 0.717) is 9.23 Å². The van der Waals surface area contributed by atoms with E-state index < -0.39 is 0 Å². The van der Waals surface area contributed by atoms with E-state index in [2.05, 4.69) is 0 Å². The van der Waals surface area contributed by atoms with Crippen molar-refractivity contribution >= 4 is 39.9 Å². The van der Waals surface area contributed by atoms with Crippen molar-refractivity contribution in [3.8, 4) is 0 Å². The van der Waals surface area contributed by atoms with E-state index in [9.17, 15) is 4.79 Å². The summed E-state index contributed by atoms with van der Waals surface area (Å²) in [6.45, 7) is 2.00. The number of allylic oxidation sites excluding steroid dienone is 3. The number of thiocarbonyl (C=S) groups is 1. The van der Waals surface area contributed by atoms with Crippen molar-refractivity contribution < 1.29 is 4.79 Å². The molecule has 1 amide bonds. The number of anilines is 1. The summed E-state index contributed by atoms with van der Waals surface area (Å²) in [6, 6.07) is 7.82. The number of hydrogen-bond donors (Lipinski definition) is 0. The van der Waals surface area contributed by atoms with Crippen LogP contribution >= 0.6 is 24.0 Å². The van der Waals surface area contributed by atoms with Gasteiger partial charge in [-0.05, 0) is 36.8 Å². The molecule has 0 saturated carbocycles. The fraction of sp³-hybridized carbons (Fsp3) is 0.125. The zero-order chi connectivity index (χ0) is 15.0. The molecular formula is C16H14N2OS2. The van der Waals surface area contributed by atoms with Crippen LogP contribution in [0.3, 0.4) is 0 Å². The van der Waals surface area contributed by atoms with Crippen molar-refractivity contribution in [1.29, 1.82) is 0 Å². The number of likely N-dealkylation sites (N-methyl/N-ethyl adjacent to an activating group) is 1. The van der Waals surface area contributed by atoms with Gasteiger partial charge in [-0.3, -0.25) is 9.69 Å². The summed E-state index contributed by atoms with van der Waals surface area (Å²) in [6.07, 6.45) is 7.72. The molecule has 2 heterocycles. The summed E-state index contributed by atoms with van der Waals surface area (Å²) in [5.41, 5.74) is 2.81. The minimum Gasteiger partial charge on any atom is -0.350 e. The Morgan fingerprint density at radius 3 is 2.76 bits per heavy atom. The molecule has 1 fully saturated rings. The van der Waals surface area contributed by atoms with Gasteiger partial charge in [-0.15, -0.1) is 0 Å². The monoisotopic (exact) mass is 314 g/mol. The Bertz CT molecular complexity index is 719. The zero-order valence-electron chi connectivity index (χ0n) is 11.7. The Labute approximate surface area is 133 Å². The van der Waals surface area contributed by atoms with Crippen molar-refractivity contribution in [2.45, 2.75) is 6.92 Å². The van der Waals surface area contributed by atoms with Crippen LogP contribution in [0, 0.1) is 6.92 Å². The lowest BCUT2D eigenvalue weighted by atomic mass is 10.2. The average molecular weight is 314 g/mol. The molecule has 106 valence electrons. The van der Waals surface area contributed by atoms with Crippen LogP contribution in [-0.2, 0) is 4.79 Å². The summed E-state index contributed by atoms with van der Waals surface area (Å²) in [5.74, 6) is -0.0580. The van der Waals surface area contributed by atoms with Gasteiger partial charge in [0.1, 0.15) is 4.91 Å². The standard InChI is InChI=1S/C16H14N2OS2/c1-11-6-5-7-12(10-11)18-15(19)14(21-16(18)20)13-8-3-4-9-17(13)2/h3-10H,1-2H3. The molecule has 0 atom stereocenters. The number of amides is 1. The van der Waals surface area contributed by atoms with Crippen LogP contribution in [0.2, 0.25) is 0 Å². The van der Waals surface area contributed by atoms with Gasteiger partial charge in [0.05, 0.1) is 11.4 Å². The van der Waals surface area contributed by atoms with E-state index in [1.54, 1.807) is 4.90 Å². The van der Waals surface area contributed by atoms with Crippen molar-refractivity contribution in [2.24, 2.45) is 0 Å². The molecule has 21 heavy (non-hydrogen) atoms. The molecule has 0 spiro atoms. The number of carbonyl (C=O) groups excluding carboxylic acids is 1. The minimum absolute atomic E-state index is 0.0580. The first-order valence-electron chi connectivity index (χ1n) is 6.53. The maximum atomic E-state index is 12.7. The number of rotatable bonds is 1. The third kappa shape index (κ3) is 2.54. The third-order valence-electron chi connectivity index (χ3n) is 3.32. The van der Waals surface area contributed by atoms with Gasteiger partial charge in [0.2, 0.25) is 0 Å². The van der Waals surface area contributed by atoms with Gasteiger partial charge in [0.15, 0.2) is 4.32 Å². The van der Waals surface area contributed by atoms with Gasteiger partial charge in [-0.2, -0.15) is 0 Å². The van der Waals surface area contributed by atoms with Crippen LogP contribution in [0.15, 0.2) is 59.3 Å². The molecule has 0 aromatic heterocycles. The van der Waals surface area contributed by atoms with Gasteiger partial charge in [-0.25, -0.2) is 0 Å². The molecule has 0 N–H and O–H groups in total. The second kappa shape index (κ2) is 5.50. The van der Waals surface area contributed by atoms with Crippen molar-refractivity contribution in [3.63, 3.8) is 0 Å². The largest absolute Gasteiger partial charge is 0.350 e. The lowest BCUT2D eigenvalue weighted by Crippen LogP contribution is -2.28. The highest BCUT2D eigenvalue weighted by Crippen LogP contribution is 2.38. The second-order valence-corrected chi connectivity index (χ2v) is 6.52. The lowest BCUT2D eigenvalue weighted by Gasteiger charge is -2.19. The molecule has 1 aromatic rings. The van der Waals surface area contributed by atoms with Crippen LogP contribution in [0.1, 0.15) is 5.56 Å². The quantitative estimate of drug-likeness (QED) is 0.584. The predicted octanol–water partition coefficient (Wildman–Crippen LogP) is 3.59. The highest BCUT2D eigenvalue weighted by Gasteiger charge is 2.36. The van der Waals surface area contributed by atoms with Gasteiger partial charge < -0.3 is 4.90 Å². The fourth-order valence-corrected chi connectivity index (χ4v) is 3.66. The molecule has 0 aliphatic carbocycles. The second-order valence-electron chi connectivity index (χ2n) is 4.87. The van der Waals surface area contributed by atoms with E-state index >= 15 is 0 Å². The molecule has 2 aliphatic heterocycles. The summed E-state index contributed by atoms with van der Waals surface area (Å²) in [5, 5.41) is 0. The van der Waals surface area contributed by atoms with Crippen LogP contribution in [0.5, 0.6) is 0 Å². The average Bonchev–Trinajstić information content (AvgIpc) is 2.74. The normalized spacial score (nSPS) is 21.6. The van der Waals surface area contributed by atoms with Crippen LogP contribution in [0.25, 0.3) is 0 Å². The van der Waals surface area contributed by atoms with E-state index in [-0.39, 0.29) is 5.91 Å². The zero-order valence-corrected chi connectivity index (χ0v) is 13.4. The molecule has 0 bridgehead atoms. The van der Waals surface area contributed by atoms with Crippen molar-refractivity contribution in [2.75, 3.05) is 11.9 Å². The summed E-state index contributed by atoms with van der Waals surface area (Å²) < 4.78 is 0.574. The van der Waals surface area contributed by atoms with Crippen molar-refractivity contribution in [3.05, 3.63) is 64.9 Å². The number of aryl methyl sites for hydroxylation is 1. The molecule has 1 saturated heterocycles. The van der Waals surface area contributed by atoms with E-state index in [4.69, 9.17) is 12.2 Å². The van der Waals surface area contributed by atoms with Gasteiger partial charge in [0.25, 0.3) is 5.91 Å². The van der Waals surface area contributed by atoms with Crippen LogP contribution in [-0.4, -0.2) is 22.2 Å². The predicted molar refractivity (Wildman–Crippen MR) is 91.9 cm³/mol. The van der Waals surface area contributed by atoms with Gasteiger partial charge >= 0.3 is 0 Å². The fourth-order valence-electron chi connectivity index (χ4n) is 2.27. The molecule has 0 radical (unpaired) electrons. The Morgan fingerprint density at radius 1 is 1.24 bits per heavy atom. The molecule has 5 heteroatoms. The van der Waals surface area contributed by atoms with E-state index in [1.807, 2.05) is 67.6 Å². The SMILES string of the molecule is Cc1cccc(N2C(=O)C(=C3C=CC=CN3C)SC2=S)c1. The number of hydrogen-bond acceptors (Lipinski definition) is 4.